The van der Waals surface area contributed by atoms with Crippen LogP contribution >= 0.6 is 11.3 Å². The average molecular weight is 335 g/mol. The van der Waals surface area contributed by atoms with Crippen LogP contribution in [0.1, 0.15) is 31.4 Å². The van der Waals surface area contributed by atoms with Gasteiger partial charge in [-0.3, -0.25) is 4.90 Å². The summed E-state index contributed by atoms with van der Waals surface area (Å²) in [6, 6.07) is 0.368. The fourth-order valence-corrected chi connectivity index (χ4v) is 5.06. The molecule has 126 valence electrons. The molecule has 7 heteroatoms. The molecule has 2 unspecified atom stereocenters. The number of aromatic nitrogens is 3. The number of piperazine rings is 1. The van der Waals surface area contributed by atoms with Gasteiger partial charge in [0.25, 0.3) is 0 Å². The second-order valence-corrected chi connectivity index (χ2v) is 7.78. The molecule has 1 aliphatic heterocycles. The fourth-order valence-electron chi connectivity index (χ4n) is 3.97. The highest BCUT2D eigenvalue weighted by molar-refractivity contribution is 7.22. The average Bonchev–Trinajstić information content (AvgIpc) is 3.10. The lowest BCUT2D eigenvalue weighted by molar-refractivity contribution is 0.0173. The first kappa shape index (κ1) is 15.4. The summed E-state index contributed by atoms with van der Waals surface area (Å²) in [6.07, 6.45) is 4.41. The van der Waals surface area contributed by atoms with Crippen LogP contribution in [0.15, 0.2) is 0 Å². The quantitative estimate of drug-likeness (QED) is 0.906. The zero-order chi connectivity index (χ0) is 16.0. The molecule has 0 aromatic carbocycles. The first-order valence-corrected chi connectivity index (χ1v) is 9.42. The Morgan fingerprint density at radius 3 is 2.57 bits per heavy atom. The van der Waals surface area contributed by atoms with Gasteiger partial charge in [-0.25, -0.2) is 9.67 Å². The SMILES string of the molecule is Cc1nn(C)c2nc(N3CCN(C4CCCCC4O)CC3)sc12. The van der Waals surface area contributed by atoms with Gasteiger partial charge < -0.3 is 10.0 Å². The standard InChI is InChI=1S/C16H25N5OS/c1-11-14-15(19(2)18-11)17-16(23-14)21-9-7-20(8-10-21)12-5-3-4-6-13(12)22/h12-13,22H,3-10H2,1-2H3. The summed E-state index contributed by atoms with van der Waals surface area (Å²) in [4.78, 5) is 9.66. The molecule has 1 aliphatic carbocycles. The van der Waals surface area contributed by atoms with Crippen molar-refractivity contribution in [2.45, 2.75) is 44.8 Å². The molecule has 1 saturated carbocycles. The molecule has 0 spiro atoms. The second kappa shape index (κ2) is 6.03. The Bertz CT molecular complexity index is 654. The van der Waals surface area contributed by atoms with Crippen molar-refractivity contribution in [1.29, 1.82) is 0 Å². The summed E-state index contributed by atoms with van der Waals surface area (Å²) >= 11 is 1.75. The number of aliphatic hydroxyl groups excluding tert-OH is 1. The molecule has 1 N–H and O–H groups in total. The Kier molecular flexibility index (Phi) is 4.03. The molecule has 0 amide bonds. The molecule has 4 rings (SSSR count). The number of fused-ring (bicyclic) bond motifs is 1. The van der Waals surface area contributed by atoms with E-state index in [1.54, 1.807) is 11.3 Å². The van der Waals surface area contributed by atoms with Crippen molar-refractivity contribution < 1.29 is 5.11 Å². The van der Waals surface area contributed by atoms with Crippen molar-refractivity contribution in [1.82, 2.24) is 19.7 Å². The number of aryl methyl sites for hydroxylation is 2. The van der Waals surface area contributed by atoms with Gasteiger partial charge in [0, 0.05) is 39.3 Å². The minimum absolute atomic E-state index is 0.133. The first-order valence-electron chi connectivity index (χ1n) is 8.60. The highest BCUT2D eigenvalue weighted by Crippen LogP contribution is 2.32. The van der Waals surface area contributed by atoms with Gasteiger partial charge in [0.1, 0.15) is 0 Å². The maximum Gasteiger partial charge on any atom is 0.188 e. The van der Waals surface area contributed by atoms with E-state index in [-0.39, 0.29) is 6.10 Å². The Labute approximate surface area is 140 Å². The maximum absolute atomic E-state index is 10.3. The van der Waals surface area contributed by atoms with Gasteiger partial charge in [0.2, 0.25) is 0 Å². The topological polar surface area (TPSA) is 57.4 Å². The van der Waals surface area contributed by atoms with E-state index < -0.39 is 0 Å². The number of rotatable bonds is 2. The predicted octanol–water partition coefficient (Wildman–Crippen LogP) is 1.76. The van der Waals surface area contributed by atoms with Crippen molar-refractivity contribution in [3.8, 4) is 0 Å². The van der Waals surface area contributed by atoms with Gasteiger partial charge in [0.15, 0.2) is 10.8 Å². The van der Waals surface area contributed by atoms with Crippen LogP contribution in [-0.2, 0) is 7.05 Å². The van der Waals surface area contributed by atoms with Crippen LogP contribution < -0.4 is 4.90 Å². The van der Waals surface area contributed by atoms with Gasteiger partial charge in [-0.15, -0.1) is 0 Å². The van der Waals surface area contributed by atoms with Crippen LogP contribution in [0.3, 0.4) is 0 Å². The summed E-state index contributed by atoms with van der Waals surface area (Å²) in [5.41, 5.74) is 2.06. The monoisotopic (exact) mass is 335 g/mol. The molecule has 0 bridgehead atoms. The summed E-state index contributed by atoms with van der Waals surface area (Å²) in [6.45, 7) is 6.08. The van der Waals surface area contributed by atoms with E-state index in [1.165, 1.54) is 17.5 Å². The number of hydrogen-bond acceptors (Lipinski definition) is 6. The lowest BCUT2D eigenvalue weighted by Crippen LogP contribution is -2.54. The van der Waals surface area contributed by atoms with Crippen molar-refractivity contribution in [2.24, 2.45) is 7.05 Å². The van der Waals surface area contributed by atoms with Crippen LogP contribution in [0.2, 0.25) is 0 Å². The second-order valence-electron chi connectivity index (χ2n) is 6.80. The summed E-state index contributed by atoms with van der Waals surface area (Å²) in [5.74, 6) is 0. The number of hydrogen-bond donors (Lipinski definition) is 1. The molecule has 1 saturated heterocycles. The number of thiazole rings is 1. The zero-order valence-corrected chi connectivity index (χ0v) is 14.7. The zero-order valence-electron chi connectivity index (χ0n) is 13.9. The molecule has 2 aromatic rings. The van der Waals surface area contributed by atoms with Gasteiger partial charge >= 0.3 is 0 Å². The van der Waals surface area contributed by atoms with Crippen LogP contribution in [0.5, 0.6) is 0 Å². The Morgan fingerprint density at radius 2 is 1.87 bits per heavy atom. The van der Waals surface area contributed by atoms with Crippen LogP contribution in [0.4, 0.5) is 5.13 Å². The van der Waals surface area contributed by atoms with E-state index in [9.17, 15) is 5.11 Å². The third-order valence-corrected chi connectivity index (χ3v) is 6.50. The fraction of sp³-hybridized carbons (Fsp3) is 0.750. The minimum atomic E-state index is -0.133. The van der Waals surface area contributed by atoms with Gasteiger partial charge in [-0.2, -0.15) is 5.10 Å². The molecular formula is C16H25N5OS. The molecule has 0 radical (unpaired) electrons. The van der Waals surface area contributed by atoms with Crippen molar-refractivity contribution in [3.63, 3.8) is 0 Å². The smallest absolute Gasteiger partial charge is 0.188 e. The number of anilines is 1. The number of aliphatic hydroxyl groups is 1. The molecule has 2 fully saturated rings. The van der Waals surface area contributed by atoms with Crippen molar-refractivity contribution in [3.05, 3.63) is 5.69 Å². The molecule has 3 heterocycles. The molecule has 2 aromatic heterocycles. The van der Waals surface area contributed by atoms with E-state index in [1.807, 2.05) is 18.7 Å². The summed E-state index contributed by atoms with van der Waals surface area (Å²) in [7, 11) is 1.96. The molecule has 23 heavy (non-hydrogen) atoms. The van der Waals surface area contributed by atoms with E-state index >= 15 is 0 Å². The molecular weight excluding hydrogens is 310 g/mol. The Hall–Kier alpha value is -1.18. The largest absolute Gasteiger partial charge is 0.391 e. The molecule has 2 aliphatic rings. The van der Waals surface area contributed by atoms with E-state index in [0.29, 0.717) is 6.04 Å². The third-order valence-electron chi connectivity index (χ3n) is 5.28. The first-order chi connectivity index (χ1) is 11.1. The van der Waals surface area contributed by atoms with Crippen LogP contribution in [-0.4, -0.2) is 63.1 Å². The van der Waals surface area contributed by atoms with Crippen LogP contribution in [0, 0.1) is 6.92 Å². The lowest BCUT2D eigenvalue weighted by atomic mass is 9.91. The third kappa shape index (κ3) is 2.75. The number of nitrogens with zero attached hydrogens (tertiary/aromatic N) is 5. The summed E-state index contributed by atoms with van der Waals surface area (Å²) < 4.78 is 3.08. The van der Waals surface area contributed by atoms with Crippen molar-refractivity contribution in [2.75, 3.05) is 31.1 Å². The van der Waals surface area contributed by atoms with Gasteiger partial charge in [0.05, 0.1) is 16.5 Å². The van der Waals surface area contributed by atoms with Gasteiger partial charge in [-0.1, -0.05) is 24.2 Å². The van der Waals surface area contributed by atoms with Crippen LogP contribution in [0.25, 0.3) is 10.3 Å². The Morgan fingerprint density at radius 1 is 1.13 bits per heavy atom. The van der Waals surface area contributed by atoms with Crippen molar-refractivity contribution >= 4 is 26.8 Å². The molecule has 6 nitrogen and oxygen atoms in total. The van der Waals surface area contributed by atoms with Gasteiger partial charge in [-0.05, 0) is 19.8 Å². The minimum Gasteiger partial charge on any atom is -0.391 e. The maximum atomic E-state index is 10.3. The lowest BCUT2D eigenvalue weighted by Gasteiger charge is -2.42. The highest BCUT2D eigenvalue weighted by Gasteiger charge is 2.31. The Balaban J connectivity index is 1.45. The normalized spacial score (nSPS) is 27.0. The molecule has 2 atom stereocenters. The highest BCUT2D eigenvalue weighted by atomic mass is 32.1. The predicted molar refractivity (Wildman–Crippen MR) is 93.2 cm³/mol. The van der Waals surface area contributed by atoms with E-state index in [4.69, 9.17) is 4.98 Å². The van der Waals surface area contributed by atoms with E-state index in [2.05, 4.69) is 14.9 Å². The van der Waals surface area contributed by atoms with E-state index in [0.717, 1.165) is 55.5 Å². The summed E-state index contributed by atoms with van der Waals surface area (Å²) in [5, 5.41) is 15.8.